The normalized spacial score (nSPS) is 16.9. The third kappa shape index (κ3) is 1.48. The fraction of sp³-hybridized carbons (Fsp3) is 0.385. The molecule has 3 rings (SSSR count). The Morgan fingerprint density at radius 2 is 2.06 bits per heavy atom. The summed E-state index contributed by atoms with van der Waals surface area (Å²) in [6, 6.07) is 6.22. The Labute approximate surface area is 95.0 Å². The number of aryl methyl sites for hydroxylation is 1. The predicted octanol–water partition coefficient (Wildman–Crippen LogP) is 2.15. The topological polar surface area (TPSA) is 28.4 Å². The molecule has 0 atom stereocenters. The molecule has 0 radical (unpaired) electrons. The van der Waals surface area contributed by atoms with Crippen LogP contribution in [0.5, 0.6) is 0 Å². The maximum Gasteiger partial charge on any atom is 0.136 e. The number of furan rings is 1. The molecule has 0 spiro atoms. The van der Waals surface area contributed by atoms with Crippen LogP contribution in [0.1, 0.15) is 5.56 Å². The lowest BCUT2D eigenvalue weighted by Crippen LogP contribution is -2.43. The fourth-order valence-electron chi connectivity index (χ4n) is 2.38. The highest BCUT2D eigenvalue weighted by Gasteiger charge is 2.16. The molecule has 3 heteroatoms. The van der Waals surface area contributed by atoms with E-state index < -0.39 is 0 Å². The van der Waals surface area contributed by atoms with Crippen LogP contribution >= 0.6 is 0 Å². The molecule has 1 N–H and O–H groups in total. The van der Waals surface area contributed by atoms with E-state index in [0.29, 0.717) is 0 Å². The summed E-state index contributed by atoms with van der Waals surface area (Å²) in [6.45, 7) is 6.37. The summed E-state index contributed by atoms with van der Waals surface area (Å²) >= 11 is 0. The summed E-state index contributed by atoms with van der Waals surface area (Å²) in [5.41, 5.74) is 3.53. The van der Waals surface area contributed by atoms with Crippen molar-refractivity contribution in [1.29, 1.82) is 0 Å². The quantitative estimate of drug-likeness (QED) is 0.791. The van der Waals surface area contributed by atoms with Gasteiger partial charge in [-0.05, 0) is 18.6 Å². The largest absolute Gasteiger partial charge is 0.462 e. The van der Waals surface area contributed by atoms with Gasteiger partial charge < -0.3 is 14.6 Å². The second-order valence-corrected chi connectivity index (χ2v) is 4.31. The number of benzene rings is 1. The first kappa shape index (κ1) is 9.73. The van der Waals surface area contributed by atoms with E-state index in [4.69, 9.17) is 4.42 Å². The summed E-state index contributed by atoms with van der Waals surface area (Å²) < 4.78 is 5.62. The van der Waals surface area contributed by atoms with Crippen molar-refractivity contribution in [3.8, 4) is 0 Å². The van der Waals surface area contributed by atoms with Crippen molar-refractivity contribution in [2.45, 2.75) is 6.92 Å². The SMILES string of the molecule is Cc1cccc2occ(N3CCNCC3)c12. The first-order valence-corrected chi connectivity index (χ1v) is 5.79. The van der Waals surface area contributed by atoms with Gasteiger partial charge in [-0.1, -0.05) is 12.1 Å². The molecular formula is C13H16N2O. The van der Waals surface area contributed by atoms with E-state index >= 15 is 0 Å². The van der Waals surface area contributed by atoms with E-state index in [1.54, 1.807) is 0 Å². The van der Waals surface area contributed by atoms with Gasteiger partial charge in [0.05, 0.1) is 5.69 Å². The Bertz CT molecular complexity index is 498. The van der Waals surface area contributed by atoms with Crippen LogP contribution in [0.4, 0.5) is 5.69 Å². The number of hydrogen-bond acceptors (Lipinski definition) is 3. The first-order valence-electron chi connectivity index (χ1n) is 5.79. The number of fused-ring (bicyclic) bond motifs is 1. The molecule has 0 unspecified atom stereocenters. The van der Waals surface area contributed by atoms with Gasteiger partial charge in [-0.3, -0.25) is 0 Å². The Balaban J connectivity index is 2.09. The lowest BCUT2D eigenvalue weighted by Gasteiger charge is -2.28. The first-order chi connectivity index (χ1) is 7.86. The molecule has 0 bridgehead atoms. The molecule has 1 saturated heterocycles. The monoisotopic (exact) mass is 216 g/mol. The Kier molecular flexibility index (Phi) is 2.33. The molecule has 0 saturated carbocycles. The third-order valence-electron chi connectivity index (χ3n) is 3.25. The molecule has 1 aromatic heterocycles. The van der Waals surface area contributed by atoms with Crippen molar-refractivity contribution < 1.29 is 4.42 Å². The van der Waals surface area contributed by atoms with Gasteiger partial charge in [-0.25, -0.2) is 0 Å². The summed E-state index contributed by atoms with van der Waals surface area (Å²) in [6.07, 6.45) is 1.89. The lowest BCUT2D eigenvalue weighted by atomic mass is 10.1. The summed E-state index contributed by atoms with van der Waals surface area (Å²) in [4.78, 5) is 2.40. The molecule has 16 heavy (non-hydrogen) atoms. The van der Waals surface area contributed by atoms with Crippen LogP contribution in [0.2, 0.25) is 0 Å². The summed E-state index contributed by atoms with van der Waals surface area (Å²) in [5, 5.41) is 4.64. The molecule has 84 valence electrons. The molecular weight excluding hydrogens is 200 g/mol. The minimum Gasteiger partial charge on any atom is -0.462 e. The number of hydrogen-bond donors (Lipinski definition) is 1. The van der Waals surface area contributed by atoms with Crippen molar-refractivity contribution in [1.82, 2.24) is 5.32 Å². The molecule has 0 aliphatic carbocycles. The molecule has 2 aromatic rings. The Hall–Kier alpha value is -1.48. The zero-order chi connectivity index (χ0) is 11.0. The van der Waals surface area contributed by atoms with Crippen LogP contribution < -0.4 is 10.2 Å². The van der Waals surface area contributed by atoms with E-state index in [0.717, 1.165) is 31.8 Å². The highest BCUT2D eigenvalue weighted by molar-refractivity contribution is 5.93. The smallest absolute Gasteiger partial charge is 0.136 e. The number of rotatable bonds is 1. The number of anilines is 1. The maximum atomic E-state index is 5.62. The van der Waals surface area contributed by atoms with Crippen LogP contribution in [0, 0.1) is 6.92 Å². The zero-order valence-corrected chi connectivity index (χ0v) is 9.49. The summed E-state index contributed by atoms with van der Waals surface area (Å²) in [7, 11) is 0. The molecule has 3 nitrogen and oxygen atoms in total. The maximum absolute atomic E-state index is 5.62. The van der Waals surface area contributed by atoms with E-state index in [1.165, 1.54) is 16.6 Å². The van der Waals surface area contributed by atoms with Crippen LogP contribution in [0.25, 0.3) is 11.0 Å². The van der Waals surface area contributed by atoms with Crippen molar-refractivity contribution in [2.75, 3.05) is 31.1 Å². The Morgan fingerprint density at radius 3 is 2.88 bits per heavy atom. The predicted molar refractivity (Wildman–Crippen MR) is 66.0 cm³/mol. The van der Waals surface area contributed by atoms with Crippen LogP contribution in [-0.4, -0.2) is 26.2 Å². The average Bonchev–Trinajstić information content (AvgIpc) is 2.75. The van der Waals surface area contributed by atoms with E-state index in [2.05, 4.69) is 23.2 Å². The third-order valence-corrected chi connectivity index (χ3v) is 3.25. The van der Waals surface area contributed by atoms with Crippen molar-refractivity contribution in [3.05, 3.63) is 30.0 Å². The minimum atomic E-state index is 0.994. The van der Waals surface area contributed by atoms with Gasteiger partial charge in [-0.2, -0.15) is 0 Å². The van der Waals surface area contributed by atoms with Crippen molar-refractivity contribution >= 4 is 16.7 Å². The van der Waals surface area contributed by atoms with Gasteiger partial charge in [0.15, 0.2) is 0 Å². The summed E-state index contributed by atoms with van der Waals surface area (Å²) in [5.74, 6) is 0. The van der Waals surface area contributed by atoms with E-state index in [1.807, 2.05) is 18.4 Å². The van der Waals surface area contributed by atoms with E-state index in [9.17, 15) is 0 Å². The van der Waals surface area contributed by atoms with Gasteiger partial charge in [0.2, 0.25) is 0 Å². The molecule has 2 heterocycles. The molecule has 1 aliphatic rings. The minimum absolute atomic E-state index is 0.994. The van der Waals surface area contributed by atoms with Crippen molar-refractivity contribution in [2.24, 2.45) is 0 Å². The van der Waals surface area contributed by atoms with Crippen LogP contribution in [0.3, 0.4) is 0 Å². The second kappa shape index (κ2) is 3.83. The van der Waals surface area contributed by atoms with Gasteiger partial charge in [0, 0.05) is 31.6 Å². The molecule has 1 fully saturated rings. The fourth-order valence-corrected chi connectivity index (χ4v) is 2.38. The standard InChI is InChI=1S/C13H16N2O/c1-10-3-2-4-12-13(10)11(9-16-12)15-7-5-14-6-8-15/h2-4,9,14H,5-8H2,1H3. The number of nitrogens with zero attached hydrogens (tertiary/aromatic N) is 1. The lowest BCUT2D eigenvalue weighted by molar-refractivity contribution is 0.578. The second-order valence-electron chi connectivity index (χ2n) is 4.31. The molecule has 1 aliphatic heterocycles. The molecule has 0 amide bonds. The Morgan fingerprint density at radius 1 is 1.25 bits per heavy atom. The highest BCUT2D eigenvalue weighted by Crippen LogP contribution is 2.31. The van der Waals surface area contributed by atoms with Crippen molar-refractivity contribution in [3.63, 3.8) is 0 Å². The van der Waals surface area contributed by atoms with Crippen LogP contribution in [0.15, 0.2) is 28.9 Å². The zero-order valence-electron chi connectivity index (χ0n) is 9.49. The average molecular weight is 216 g/mol. The number of piperazine rings is 1. The van der Waals surface area contributed by atoms with Gasteiger partial charge in [0.1, 0.15) is 11.8 Å². The van der Waals surface area contributed by atoms with Crippen LogP contribution in [-0.2, 0) is 0 Å². The van der Waals surface area contributed by atoms with E-state index in [-0.39, 0.29) is 0 Å². The van der Waals surface area contributed by atoms with Gasteiger partial charge in [0.25, 0.3) is 0 Å². The highest BCUT2D eigenvalue weighted by atomic mass is 16.3. The number of nitrogens with one attached hydrogen (secondary N) is 1. The van der Waals surface area contributed by atoms with Gasteiger partial charge >= 0.3 is 0 Å². The molecule has 1 aromatic carbocycles. The van der Waals surface area contributed by atoms with Gasteiger partial charge in [-0.15, -0.1) is 0 Å².